The fourth-order valence-electron chi connectivity index (χ4n) is 3.93. The average Bonchev–Trinajstić information content (AvgIpc) is 2.68. The molecular weight excluding hydrogens is 404 g/mol. The summed E-state index contributed by atoms with van der Waals surface area (Å²) in [6.45, 7) is 6.07. The molecule has 1 unspecified atom stereocenters. The third-order valence-corrected chi connectivity index (χ3v) is 5.42. The molecule has 0 aromatic heterocycles. The molecule has 2 aromatic rings. The summed E-state index contributed by atoms with van der Waals surface area (Å²) >= 11 is 6.03. The summed E-state index contributed by atoms with van der Waals surface area (Å²) in [5.41, 5.74) is 3.81. The zero-order valence-corrected chi connectivity index (χ0v) is 18.4. The highest BCUT2D eigenvalue weighted by Gasteiger charge is 2.25. The number of carboxylic acids is 1. The Kier molecular flexibility index (Phi) is 7.58. The minimum atomic E-state index is -0.843. The van der Waals surface area contributed by atoms with E-state index in [1.165, 1.54) is 0 Å². The third kappa shape index (κ3) is 5.88. The van der Waals surface area contributed by atoms with E-state index in [1.54, 1.807) is 7.11 Å². The molecule has 0 bridgehead atoms. The average molecular weight is 433 g/mol. The van der Waals surface area contributed by atoms with E-state index >= 15 is 0 Å². The molecule has 2 aromatic carbocycles. The predicted octanol–water partition coefficient (Wildman–Crippen LogP) is 4.90. The first kappa shape index (κ1) is 22.4. The van der Waals surface area contributed by atoms with E-state index < -0.39 is 5.97 Å². The molecule has 2 N–H and O–H groups in total. The van der Waals surface area contributed by atoms with Crippen LogP contribution in [0.15, 0.2) is 42.5 Å². The van der Waals surface area contributed by atoms with E-state index in [9.17, 15) is 9.90 Å². The Morgan fingerprint density at radius 2 is 1.90 bits per heavy atom. The van der Waals surface area contributed by atoms with Crippen LogP contribution >= 0.6 is 11.6 Å². The number of morpholine rings is 1. The maximum Gasteiger partial charge on any atom is 0.304 e. The molecule has 1 saturated heterocycles. The van der Waals surface area contributed by atoms with Gasteiger partial charge in [0, 0.05) is 36.8 Å². The van der Waals surface area contributed by atoms with E-state index in [0.29, 0.717) is 11.6 Å². The van der Waals surface area contributed by atoms with Gasteiger partial charge in [0.25, 0.3) is 0 Å². The molecule has 7 heteroatoms. The number of carboxylic acid groups (broad SMARTS) is 1. The van der Waals surface area contributed by atoms with Crippen molar-refractivity contribution in [1.29, 1.82) is 0 Å². The Morgan fingerprint density at radius 3 is 2.50 bits per heavy atom. The number of nitrogens with one attached hydrogen (secondary N) is 1. The van der Waals surface area contributed by atoms with Crippen LogP contribution in [0.1, 0.15) is 31.7 Å². The Bertz CT molecular complexity index is 849. The van der Waals surface area contributed by atoms with Gasteiger partial charge >= 0.3 is 5.97 Å². The van der Waals surface area contributed by atoms with Gasteiger partial charge < -0.3 is 24.8 Å². The van der Waals surface area contributed by atoms with Crippen LogP contribution in [0.4, 0.5) is 17.1 Å². The molecule has 0 saturated carbocycles. The molecule has 1 aliphatic rings. The molecule has 0 amide bonds. The molecule has 1 heterocycles. The second kappa shape index (κ2) is 10.2. The normalized spacial score (nSPS) is 20.1. The lowest BCUT2D eigenvalue weighted by molar-refractivity contribution is -0.137. The van der Waals surface area contributed by atoms with Crippen molar-refractivity contribution in [2.75, 3.05) is 37.0 Å². The molecule has 0 radical (unpaired) electrons. The quantitative estimate of drug-likeness (QED) is 0.618. The standard InChI is InChI=1S/C23H29ClN2O4/c1-15-12-26(13-16(2)30-15)22-9-4-17(18(14-29-3)11-23(27)28)10-21(22)25-20-7-5-19(24)6-8-20/h4-10,15-16,18,25H,11-14H2,1-3H3,(H,27,28)/t15-,16+,18?. The lowest BCUT2D eigenvalue weighted by Gasteiger charge is -2.38. The highest BCUT2D eigenvalue weighted by Crippen LogP contribution is 2.35. The van der Waals surface area contributed by atoms with Crippen LogP contribution in [-0.2, 0) is 14.3 Å². The monoisotopic (exact) mass is 432 g/mol. The van der Waals surface area contributed by atoms with Gasteiger partial charge in [-0.1, -0.05) is 17.7 Å². The van der Waals surface area contributed by atoms with Crippen molar-refractivity contribution in [3.05, 3.63) is 53.1 Å². The summed E-state index contributed by atoms with van der Waals surface area (Å²) in [5, 5.41) is 13.5. The predicted molar refractivity (Wildman–Crippen MR) is 120 cm³/mol. The highest BCUT2D eigenvalue weighted by atomic mass is 35.5. The minimum absolute atomic E-state index is 0.0131. The van der Waals surface area contributed by atoms with Crippen LogP contribution in [0.5, 0.6) is 0 Å². The Balaban J connectivity index is 1.98. The van der Waals surface area contributed by atoms with E-state index in [1.807, 2.05) is 36.4 Å². The van der Waals surface area contributed by atoms with Crippen LogP contribution in [-0.4, -0.2) is 50.1 Å². The molecule has 0 spiro atoms. The van der Waals surface area contributed by atoms with Crippen molar-refractivity contribution >= 4 is 34.6 Å². The van der Waals surface area contributed by atoms with Crippen LogP contribution in [0.25, 0.3) is 0 Å². The second-order valence-electron chi connectivity index (χ2n) is 7.82. The lowest BCUT2D eigenvalue weighted by Crippen LogP contribution is -2.45. The molecule has 1 fully saturated rings. The van der Waals surface area contributed by atoms with Gasteiger partial charge in [-0.3, -0.25) is 4.79 Å². The van der Waals surface area contributed by atoms with Crippen molar-refractivity contribution in [1.82, 2.24) is 0 Å². The first-order chi connectivity index (χ1) is 14.4. The molecule has 6 nitrogen and oxygen atoms in total. The zero-order valence-electron chi connectivity index (χ0n) is 17.6. The zero-order chi connectivity index (χ0) is 21.7. The van der Waals surface area contributed by atoms with Gasteiger partial charge in [0.1, 0.15) is 0 Å². The maximum atomic E-state index is 11.3. The van der Waals surface area contributed by atoms with Crippen molar-refractivity contribution in [3.63, 3.8) is 0 Å². The van der Waals surface area contributed by atoms with Gasteiger partial charge in [-0.25, -0.2) is 0 Å². The van der Waals surface area contributed by atoms with E-state index in [2.05, 4.69) is 30.1 Å². The first-order valence-electron chi connectivity index (χ1n) is 10.1. The fourth-order valence-corrected chi connectivity index (χ4v) is 4.06. The lowest BCUT2D eigenvalue weighted by atomic mass is 9.95. The number of hydrogen-bond donors (Lipinski definition) is 2. The number of carbonyl (C=O) groups is 1. The number of methoxy groups -OCH3 is 1. The molecule has 0 aliphatic carbocycles. The smallest absolute Gasteiger partial charge is 0.304 e. The number of rotatable bonds is 8. The van der Waals surface area contributed by atoms with Gasteiger partial charge in [0.2, 0.25) is 0 Å². The van der Waals surface area contributed by atoms with Crippen LogP contribution in [0.2, 0.25) is 5.02 Å². The molecular formula is C23H29ClN2O4. The Labute approximate surface area is 182 Å². The first-order valence-corrected chi connectivity index (χ1v) is 10.5. The third-order valence-electron chi connectivity index (χ3n) is 5.16. The summed E-state index contributed by atoms with van der Waals surface area (Å²) in [6.07, 6.45) is 0.272. The van der Waals surface area contributed by atoms with Crippen LogP contribution in [0.3, 0.4) is 0 Å². The van der Waals surface area contributed by atoms with Gasteiger partial charge in [0.15, 0.2) is 0 Å². The van der Waals surface area contributed by atoms with Gasteiger partial charge in [-0.2, -0.15) is 0 Å². The molecule has 162 valence electrons. The molecule has 3 atom stereocenters. The maximum absolute atomic E-state index is 11.3. The Morgan fingerprint density at radius 1 is 1.23 bits per heavy atom. The van der Waals surface area contributed by atoms with Gasteiger partial charge in [-0.15, -0.1) is 0 Å². The molecule has 3 rings (SSSR count). The summed E-state index contributed by atoms with van der Waals surface area (Å²) in [5.74, 6) is -1.07. The number of hydrogen-bond acceptors (Lipinski definition) is 5. The number of halogens is 1. The summed E-state index contributed by atoms with van der Waals surface area (Å²) in [7, 11) is 1.59. The van der Waals surface area contributed by atoms with Gasteiger partial charge in [0.05, 0.1) is 36.6 Å². The van der Waals surface area contributed by atoms with E-state index in [4.69, 9.17) is 21.1 Å². The number of anilines is 3. The van der Waals surface area contributed by atoms with Crippen LogP contribution < -0.4 is 10.2 Å². The van der Waals surface area contributed by atoms with Crippen molar-refractivity contribution < 1.29 is 19.4 Å². The second-order valence-corrected chi connectivity index (χ2v) is 8.26. The topological polar surface area (TPSA) is 71.0 Å². The summed E-state index contributed by atoms with van der Waals surface area (Å²) in [4.78, 5) is 13.7. The van der Waals surface area contributed by atoms with E-state index in [0.717, 1.165) is 35.7 Å². The highest BCUT2D eigenvalue weighted by molar-refractivity contribution is 6.30. The largest absolute Gasteiger partial charge is 0.481 e. The molecule has 30 heavy (non-hydrogen) atoms. The van der Waals surface area contributed by atoms with Crippen molar-refractivity contribution in [2.24, 2.45) is 0 Å². The summed E-state index contributed by atoms with van der Waals surface area (Å²) in [6, 6.07) is 13.6. The number of ether oxygens (including phenoxy) is 2. The Hall–Kier alpha value is -2.28. The van der Waals surface area contributed by atoms with Crippen molar-refractivity contribution in [2.45, 2.75) is 38.4 Å². The number of benzene rings is 2. The minimum Gasteiger partial charge on any atom is -0.481 e. The van der Waals surface area contributed by atoms with E-state index in [-0.39, 0.29) is 24.5 Å². The SMILES string of the molecule is COCC(CC(=O)O)c1ccc(N2C[C@@H](C)O[C@@H](C)C2)c(Nc2ccc(Cl)cc2)c1. The molecule has 1 aliphatic heterocycles. The fraction of sp³-hybridized carbons (Fsp3) is 0.435. The van der Waals surface area contributed by atoms with Crippen molar-refractivity contribution in [3.8, 4) is 0 Å². The number of aliphatic carboxylic acids is 1. The van der Waals surface area contributed by atoms with Crippen LogP contribution in [0, 0.1) is 0 Å². The summed E-state index contributed by atoms with van der Waals surface area (Å²) < 4.78 is 11.2. The number of nitrogens with zero attached hydrogens (tertiary/aromatic N) is 1. The van der Waals surface area contributed by atoms with Gasteiger partial charge in [-0.05, 0) is 55.8 Å².